The number of aryl methyl sites for hydroxylation is 1. The van der Waals surface area contributed by atoms with Crippen LogP contribution in [0.5, 0.6) is 0 Å². The van der Waals surface area contributed by atoms with E-state index in [1.165, 1.54) is 18.2 Å². The first-order valence-electron chi connectivity index (χ1n) is 5.71. The van der Waals surface area contributed by atoms with E-state index in [1.807, 2.05) is 0 Å². The maximum Gasteiger partial charge on any atom is 0.338 e. The summed E-state index contributed by atoms with van der Waals surface area (Å²) < 4.78 is 1.59. The summed E-state index contributed by atoms with van der Waals surface area (Å²) in [6.45, 7) is 0.249. The van der Waals surface area contributed by atoms with E-state index in [4.69, 9.17) is 5.11 Å². The van der Waals surface area contributed by atoms with Crippen LogP contribution in [-0.4, -0.2) is 25.8 Å². The molecule has 0 aliphatic rings. The normalized spacial score (nSPS) is 10.2. The minimum Gasteiger partial charge on any atom is -0.478 e. The van der Waals surface area contributed by atoms with Crippen molar-refractivity contribution >= 4 is 17.3 Å². The number of benzene rings is 1. The van der Waals surface area contributed by atoms with Gasteiger partial charge >= 0.3 is 5.97 Å². The number of para-hydroxylation sites is 1. The van der Waals surface area contributed by atoms with Gasteiger partial charge in [-0.15, -0.1) is 0 Å². The fourth-order valence-corrected chi connectivity index (χ4v) is 1.81. The van der Waals surface area contributed by atoms with Crippen LogP contribution in [0.1, 0.15) is 15.9 Å². The van der Waals surface area contributed by atoms with Gasteiger partial charge in [-0.05, 0) is 6.07 Å². The molecule has 2 N–H and O–H groups in total. The molecule has 104 valence electrons. The van der Waals surface area contributed by atoms with Crippen molar-refractivity contribution < 1.29 is 14.8 Å². The minimum absolute atomic E-state index is 0.00569. The topological polar surface area (TPSA) is 110 Å². The SMILES string of the molecule is Cn1cc(CNc2c(C(=O)O)cccc2[N+](=O)[O-])cn1. The zero-order valence-electron chi connectivity index (χ0n) is 10.6. The molecular formula is C12H12N4O4. The van der Waals surface area contributed by atoms with Gasteiger partial charge < -0.3 is 10.4 Å². The third kappa shape index (κ3) is 2.74. The van der Waals surface area contributed by atoms with Crippen LogP contribution in [0.15, 0.2) is 30.6 Å². The van der Waals surface area contributed by atoms with Crippen molar-refractivity contribution in [3.05, 3.63) is 51.8 Å². The number of anilines is 1. The van der Waals surface area contributed by atoms with Crippen LogP contribution in [0.25, 0.3) is 0 Å². The molecule has 2 aromatic rings. The fraction of sp³-hybridized carbons (Fsp3) is 0.167. The molecule has 0 amide bonds. The number of carboxylic acids is 1. The molecule has 0 spiro atoms. The number of carboxylic acid groups (broad SMARTS) is 1. The van der Waals surface area contributed by atoms with Gasteiger partial charge in [0.25, 0.3) is 5.69 Å². The lowest BCUT2D eigenvalue weighted by molar-refractivity contribution is -0.384. The van der Waals surface area contributed by atoms with Gasteiger partial charge in [0.05, 0.1) is 16.7 Å². The quantitative estimate of drug-likeness (QED) is 0.634. The molecule has 0 saturated heterocycles. The zero-order chi connectivity index (χ0) is 14.7. The first kappa shape index (κ1) is 13.5. The number of rotatable bonds is 5. The Labute approximate surface area is 113 Å². The van der Waals surface area contributed by atoms with E-state index in [0.29, 0.717) is 0 Å². The van der Waals surface area contributed by atoms with Gasteiger partial charge in [0.2, 0.25) is 0 Å². The maximum atomic E-state index is 11.1. The molecule has 0 aliphatic carbocycles. The molecule has 2 rings (SSSR count). The van der Waals surface area contributed by atoms with Crippen molar-refractivity contribution in [3.8, 4) is 0 Å². The average molecular weight is 276 g/mol. The third-order valence-electron chi connectivity index (χ3n) is 2.70. The van der Waals surface area contributed by atoms with Crippen LogP contribution >= 0.6 is 0 Å². The largest absolute Gasteiger partial charge is 0.478 e. The number of aromatic carboxylic acids is 1. The van der Waals surface area contributed by atoms with Crippen LogP contribution in [0.2, 0.25) is 0 Å². The number of nitro benzene ring substituents is 1. The number of nitrogens with one attached hydrogen (secondary N) is 1. The van der Waals surface area contributed by atoms with Gasteiger partial charge in [-0.1, -0.05) is 6.07 Å². The number of aromatic nitrogens is 2. The Hall–Kier alpha value is -2.90. The van der Waals surface area contributed by atoms with Crippen LogP contribution in [0.4, 0.5) is 11.4 Å². The van der Waals surface area contributed by atoms with Crippen molar-refractivity contribution in [1.29, 1.82) is 0 Å². The van der Waals surface area contributed by atoms with E-state index >= 15 is 0 Å². The van der Waals surface area contributed by atoms with E-state index in [1.54, 1.807) is 24.1 Å². The zero-order valence-corrected chi connectivity index (χ0v) is 10.6. The molecule has 0 atom stereocenters. The monoisotopic (exact) mass is 276 g/mol. The number of nitro groups is 1. The van der Waals surface area contributed by atoms with Gasteiger partial charge in [0.15, 0.2) is 0 Å². The van der Waals surface area contributed by atoms with Crippen molar-refractivity contribution in [2.45, 2.75) is 6.54 Å². The van der Waals surface area contributed by atoms with E-state index < -0.39 is 10.9 Å². The van der Waals surface area contributed by atoms with Crippen LogP contribution in [-0.2, 0) is 13.6 Å². The molecule has 1 heterocycles. The lowest BCUT2D eigenvalue weighted by Crippen LogP contribution is -2.08. The second-order valence-corrected chi connectivity index (χ2v) is 4.14. The first-order valence-corrected chi connectivity index (χ1v) is 5.71. The second-order valence-electron chi connectivity index (χ2n) is 4.14. The summed E-state index contributed by atoms with van der Waals surface area (Å²) in [7, 11) is 1.75. The number of carbonyl (C=O) groups is 1. The molecular weight excluding hydrogens is 264 g/mol. The van der Waals surface area contributed by atoms with Crippen LogP contribution in [0.3, 0.4) is 0 Å². The van der Waals surface area contributed by atoms with Gasteiger partial charge in [0, 0.05) is 31.4 Å². The molecule has 8 nitrogen and oxygen atoms in total. The molecule has 0 saturated carbocycles. The highest BCUT2D eigenvalue weighted by molar-refractivity contribution is 5.96. The summed E-state index contributed by atoms with van der Waals surface area (Å²) in [4.78, 5) is 21.5. The van der Waals surface area contributed by atoms with E-state index in [2.05, 4.69) is 10.4 Å². The summed E-state index contributed by atoms with van der Waals surface area (Å²) in [5.74, 6) is -1.22. The van der Waals surface area contributed by atoms with Gasteiger partial charge in [-0.25, -0.2) is 4.79 Å². The standard InChI is InChI=1S/C12H12N4O4/c1-15-7-8(6-14-15)5-13-11-9(12(17)18)3-2-4-10(11)16(19)20/h2-4,6-7,13H,5H2,1H3,(H,17,18). The Morgan fingerprint density at radius 3 is 2.85 bits per heavy atom. The van der Waals surface area contributed by atoms with Crippen LogP contribution in [0, 0.1) is 10.1 Å². The van der Waals surface area contributed by atoms with Gasteiger partial charge in [0.1, 0.15) is 5.69 Å². The molecule has 1 aromatic heterocycles. The predicted octanol–water partition coefficient (Wildman–Crippen LogP) is 1.64. The van der Waals surface area contributed by atoms with E-state index in [9.17, 15) is 14.9 Å². The Morgan fingerprint density at radius 1 is 1.55 bits per heavy atom. The smallest absolute Gasteiger partial charge is 0.338 e. The molecule has 0 radical (unpaired) electrons. The first-order chi connectivity index (χ1) is 9.49. The van der Waals surface area contributed by atoms with E-state index in [-0.39, 0.29) is 23.5 Å². The van der Waals surface area contributed by atoms with Gasteiger partial charge in [-0.3, -0.25) is 14.8 Å². The molecule has 0 bridgehead atoms. The highest BCUT2D eigenvalue weighted by atomic mass is 16.6. The third-order valence-corrected chi connectivity index (χ3v) is 2.70. The second kappa shape index (κ2) is 5.39. The Bertz CT molecular complexity index is 633. The van der Waals surface area contributed by atoms with E-state index in [0.717, 1.165) is 5.56 Å². The summed E-state index contributed by atoms with van der Waals surface area (Å²) in [5, 5.41) is 26.8. The number of hydrogen-bond acceptors (Lipinski definition) is 5. The van der Waals surface area contributed by atoms with Crippen molar-refractivity contribution in [2.24, 2.45) is 7.05 Å². The molecule has 8 heteroatoms. The Morgan fingerprint density at radius 2 is 2.30 bits per heavy atom. The van der Waals surface area contributed by atoms with Crippen molar-refractivity contribution in [2.75, 3.05) is 5.32 Å². The minimum atomic E-state index is -1.22. The number of nitrogens with zero attached hydrogens (tertiary/aromatic N) is 3. The molecule has 0 unspecified atom stereocenters. The van der Waals surface area contributed by atoms with Crippen LogP contribution < -0.4 is 5.32 Å². The predicted molar refractivity (Wildman–Crippen MR) is 70.6 cm³/mol. The van der Waals surface area contributed by atoms with Crippen molar-refractivity contribution in [1.82, 2.24) is 9.78 Å². The number of hydrogen-bond donors (Lipinski definition) is 2. The average Bonchev–Trinajstić information content (AvgIpc) is 2.81. The summed E-state index contributed by atoms with van der Waals surface area (Å²) in [6, 6.07) is 3.93. The molecule has 1 aromatic carbocycles. The molecule has 0 aliphatic heterocycles. The Kier molecular flexibility index (Phi) is 3.65. The molecule has 20 heavy (non-hydrogen) atoms. The highest BCUT2D eigenvalue weighted by Crippen LogP contribution is 2.28. The van der Waals surface area contributed by atoms with Gasteiger partial charge in [-0.2, -0.15) is 5.10 Å². The lowest BCUT2D eigenvalue weighted by Gasteiger charge is -2.08. The molecule has 0 fully saturated rings. The highest BCUT2D eigenvalue weighted by Gasteiger charge is 2.21. The van der Waals surface area contributed by atoms with Crippen molar-refractivity contribution in [3.63, 3.8) is 0 Å². The summed E-state index contributed by atoms with van der Waals surface area (Å²) in [6.07, 6.45) is 3.34. The Balaban J connectivity index is 2.32. The maximum absolute atomic E-state index is 11.1. The lowest BCUT2D eigenvalue weighted by atomic mass is 10.1. The summed E-state index contributed by atoms with van der Waals surface area (Å²) in [5.41, 5.74) is 0.382. The fourth-order valence-electron chi connectivity index (χ4n) is 1.81. The summed E-state index contributed by atoms with van der Waals surface area (Å²) >= 11 is 0.